The minimum absolute atomic E-state index is 0.0864. The van der Waals surface area contributed by atoms with E-state index in [0.717, 1.165) is 19.3 Å². The number of carbonyl (C=O) groups excluding carboxylic acids is 1. The van der Waals surface area contributed by atoms with Gasteiger partial charge in [-0.3, -0.25) is 9.69 Å². The molecule has 0 aromatic carbocycles. The largest absolute Gasteiger partial charge is 0.350 e. The summed E-state index contributed by atoms with van der Waals surface area (Å²) >= 11 is 5.06. The molecule has 1 atom stereocenters. The Balaban J connectivity index is 2.55. The number of nitrogens with zero attached hydrogens (tertiary/aromatic N) is 1. The van der Waals surface area contributed by atoms with E-state index >= 15 is 0 Å². The fourth-order valence-electron chi connectivity index (χ4n) is 1.48. The lowest BCUT2D eigenvalue weighted by Crippen LogP contribution is -2.31. The van der Waals surface area contributed by atoms with Crippen molar-refractivity contribution in [1.82, 2.24) is 10.2 Å². The first-order chi connectivity index (χ1) is 6.70. The van der Waals surface area contributed by atoms with Crippen molar-refractivity contribution in [2.75, 3.05) is 6.54 Å². The van der Waals surface area contributed by atoms with Crippen LogP contribution in [0.2, 0.25) is 0 Å². The molecule has 78 valence electrons. The highest BCUT2D eigenvalue weighted by atomic mass is 32.1. The summed E-state index contributed by atoms with van der Waals surface area (Å²) in [5, 5.41) is 3.57. The van der Waals surface area contributed by atoms with Gasteiger partial charge in [0.15, 0.2) is 5.11 Å². The van der Waals surface area contributed by atoms with E-state index in [0.29, 0.717) is 11.7 Å². The summed E-state index contributed by atoms with van der Waals surface area (Å²) in [5.41, 5.74) is 0. The van der Waals surface area contributed by atoms with E-state index in [1.807, 2.05) is 0 Å². The van der Waals surface area contributed by atoms with Gasteiger partial charge in [0.25, 0.3) is 5.91 Å². The van der Waals surface area contributed by atoms with Gasteiger partial charge in [0.05, 0.1) is 0 Å². The Morgan fingerprint density at radius 2 is 2.43 bits per heavy atom. The molecule has 0 spiro atoms. The summed E-state index contributed by atoms with van der Waals surface area (Å²) < 4.78 is 0. The van der Waals surface area contributed by atoms with Gasteiger partial charge in [-0.05, 0) is 18.6 Å². The van der Waals surface area contributed by atoms with Crippen molar-refractivity contribution < 1.29 is 4.79 Å². The molecule has 1 amide bonds. The Morgan fingerprint density at radius 3 is 3.00 bits per heavy atom. The van der Waals surface area contributed by atoms with Crippen LogP contribution in [0.25, 0.3) is 0 Å². The summed E-state index contributed by atoms with van der Waals surface area (Å²) in [6.07, 6.45) is 4.70. The lowest BCUT2D eigenvalue weighted by molar-refractivity contribution is -0.126. The third-order valence-corrected chi connectivity index (χ3v) is 2.60. The van der Waals surface area contributed by atoms with Crippen LogP contribution >= 0.6 is 12.2 Å². The number of unbranched alkanes of at least 4 members (excludes halogenated alkanes) is 1. The van der Waals surface area contributed by atoms with Crippen molar-refractivity contribution >= 4 is 23.2 Å². The first-order valence-corrected chi connectivity index (χ1v) is 5.34. The smallest absolute Gasteiger partial charge is 0.251 e. The van der Waals surface area contributed by atoms with E-state index in [1.54, 1.807) is 11.0 Å². The van der Waals surface area contributed by atoms with Gasteiger partial charge in [-0.1, -0.05) is 25.8 Å². The lowest BCUT2D eigenvalue weighted by Gasteiger charge is -2.11. The average molecular weight is 212 g/mol. The molecule has 3 nitrogen and oxygen atoms in total. The summed E-state index contributed by atoms with van der Waals surface area (Å²) in [4.78, 5) is 13.3. The molecule has 1 rings (SSSR count). The molecule has 0 radical (unpaired) electrons. The summed E-state index contributed by atoms with van der Waals surface area (Å²) in [7, 11) is 0. The van der Waals surface area contributed by atoms with Gasteiger partial charge in [0.2, 0.25) is 0 Å². The maximum absolute atomic E-state index is 11.7. The zero-order valence-electron chi connectivity index (χ0n) is 8.45. The van der Waals surface area contributed by atoms with Crippen LogP contribution in [0.5, 0.6) is 0 Å². The highest BCUT2D eigenvalue weighted by Crippen LogP contribution is 2.12. The van der Waals surface area contributed by atoms with Crippen molar-refractivity contribution in [1.29, 1.82) is 0 Å². The van der Waals surface area contributed by atoms with E-state index in [9.17, 15) is 4.79 Å². The van der Waals surface area contributed by atoms with Crippen LogP contribution in [0.15, 0.2) is 12.7 Å². The monoisotopic (exact) mass is 212 g/mol. The number of thiocarbonyl (C=S) groups is 1. The van der Waals surface area contributed by atoms with Crippen LogP contribution < -0.4 is 5.32 Å². The zero-order chi connectivity index (χ0) is 10.6. The van der Waals surface area contributed by atoms with Gasteiger partial charge >= 0.3 is 0 Å². The number of rotatable bonds is 5. The molecule has 1 fully saturated rings. The molecule has 0 aliphatic carbocycles. The molecule has 1 aliphatic rings. The first-order valence-electron chi connectivity index (χ1n) is 4.93. The number of carbonyl (C=O) groups is 1. The van der Waals surface area contributed by atoms with Crippen molar-refractivity contribution in [3.63, 3.8) is 0 Å². The van der Waals surface area contributed by atoms with Crippen molar-refractivity contribution in [3.05, 3.63) is 12.7 Å². The fourth-order valence-corrected chi connectivity index (χ4v) is 1.79. The predicted octanol–water partition coefficient (Wildman–Crippen LogP) is 1.45. The van der Waals surface area contributed by atoms with E-state index in [2.05, 4.69) is 18.8 Å². The highest BCUT2D eigenvalue weighted by Gasteiger charge is 2.33. The molecular formula is C10H16N2OS. The fraction of sp³-hybridized carbons (Fsp3) is 0.600. The quantitative estimate of drug-likeness (QED) is 0.553. The van der Waals surface area contributed by atoms with Gasteiger partial charge in [0.1, 0.15) is 6.04 Å². The van der Waals surface area contributed by atoms with Crippen LogP contribution in [0, 0.1) is 0 Å². The van der Waals surface area contributed by atoms with Gasteiger partial charge in [-0.15, -0.1) is 6.58 Å². The van der Waals surface area contributed by atoms with Crippen LogP contribution in [0.1, 0.15) is 26.2 Å². The number of nitrogens with one attached hydrogen (secondary N) is 1. The van der Waals surface area contributed by atoms with Crippen molar-refractivity contribution in [3.8, 4) is 0 Å². The standard InChI is InChI=1S/C10H16N2OS/c1-3-5-6-8-9(13)12(7-4-2)10(14)11-8/h4,8H,2-3,5-7H2,1H3,(H,11,14)/t8-/m0/s1. The van der Waals surface area contributed by atoms with Crippen LogP contribution in [0.3, 0.4) is 0 Å². The second-order valence-corrected chi connectivity index (χ2v) is 3.77. The van der Waals surface area contributed by atoms with Crippen molar-refractivity contribution in [2.24, 2.45) is 0 Å². The van der Waals surface area contributed by atoms with E-state index < -0.39 is 0 Å². The lowest BCUT2D eigenvalue weighted by atomic mass is 10.1. The molecule has 1 saturated heterocycles. The average Bonchev–Trinajstić information content (AvgIpc) is 2.43. The predicted molar refractivity (Wildman–Crippen MR) is 61.0 cm³/mol. The number of hydrogen-bond acceptors (Lipinski definition) is 2. The zero-order valence-corrected chi connectivity index (χ0v) is 9.27. The van der Waals surface area contributed by atoms with Gasteiger partial charge in [0, 0.05) is 6.54 Å². The van der Waals surface area contributed by atoms with Gasteiger partial charge in [-0.2, -0.15) is 0 Å². The molecular weight excluding hydrogens is 196 g/mol. The Labute approximate surface area is 90.2 Å². The van der Waals surface area contributed by atoms with Crippen LogP contribution in [-0.4, -0.2) is 28.5 Å². The Morgan fingerprint density at radius 1 is 1.71 bits per heavy atom. The summed E-state index contributed by atoms with van der Waals surface area (Å²) in [6, 6.07) is -0.109. The topological polar surface area (TPSA) is 32.3 Å². The molecule has 1 N–H and O–H groups in total. The molecule has 1 aliphatic heterocycles. The minimum atomic E-state index is -0.109. The first kappa shape index (κ1) is 11.2. The van der Waals surface area contributed by atoms with Crippen molar-refractivity contribution in [2.45, 2.75) is 32.2 Å². The molecule has 0 unspecified atom stereocenters. The molecule has 0 aromatic heterocycles. The molecule has 1 heterocycles. The molecule has 0 saturated carbocycles. The number of hydrogen-bond donors (Lipinski definition) is 1. The van der Waals surface area contributed by atoms with E-state index in [4.69, 9.17) is 12.2 Å². The molecule has 4 heteroatoms. The van der Waals surface area contributed by atoms with Crippen LogP contribution in [0.4, 0.5) is 0 Å². The normalized spacial score (nSPS) is 21.2. The summed E-state index contributed by atoms with van der Waals surface area (Å²) in [5.74, 6) is 0.0864. The van der Waals surface area contributed by atoms with Gasteiger partial charge < -0.3 is 5.32 Å². The second-order valence-electron chi connectivity index (χ2n) is 3.38. The molecule has 14 heavy (non-hydrogen) atoms. The number of amides is 1. The third kappa shape index (κ3) is 2.32. The SMILES string of the molecule is C=CCN1C(=O)[C@H](CCCC)NC1=S. The maximum atomic E-state index is 11.7. The molecule has 0 bridgehead atoms. The van der Waals surface area contributed by atoms with Crippen LogP contribution in [-0.2, 0) is 4.79 Å². The highest BCUT2D eigenvalue weighted by molar-refractivity contribution is 7.80. The van der Waals surface area contributed by atoms with Gasteiger partial charge in [-0.25, -0.2) is 0 Å². The van der Waals surface area contributed by atoms with E-state index in [1.165, 1.54) is 0 Å². The Bertz CT molecular complexity index is 253. The Kier molecular flexibility index (Phi) is 4.07. The third-order valence-electron chi connectivity index (χ3n) is 2.27. The summed E-state index contributed by atoms with van der Waals surface area (Å²) in [6.45, 7) is 6.22. The molecule has 0 aromatic rings. The second kappa shape index (κ2) is 5.10. The Hall–Kier alpha value is -0.900. The van der Waals surface area contributed by atoms with E-state index in [-0.39, 0.29) is 11.9 Å². The minimum Gasteiger partial charge on any atom is -0.350 e. The maximum Gasteiger partial charge on any atom is 0.251 e.